The molecule has 0 aliphatic carbocycles. The number of carbonyl (C=O) groups excluding carboxylic acids is 1. The van der Waals surface area contributed by atoms with E-state index in [4.69, 9.17) is 5.26 Å². The molecule has 0 aliphatic heterocycles. The summed E-state index contributed by atoms with van der Waals surface area (Å²) in [5.74, 6) is 0. The predicted molar refractivity (Wildman–Crippen MR) is 19.2 cm³/mol. The van der Waals surface area contributed by atoms with Crippen LogP contribution in [0.25, 0.3) is 0 Å². The van der Waals surface area contributed by atoms with Crippen molar-refractivity contribution in [2.75, 3.05) is 0 Å². The lowest BCUT2D eigenvalue weighted by Crippen LogP contribution is -2.08. The summed E-state index contributed by atoms with van der Waals surface area (Å²) in [6.45, 7) is -3.24. The summed E-state index contributed by atoms with van der Waals surface area (Å²) in [6.07, 6.45) is -0.836. The zero-order valence-electron chi connectivity index (χ0n) is 4.01. The Hall–Kier alpha value is -1.38. The minimum atomic E-state index is -3.24. The van der Waals surface area contributed by atoms with Gasteiger partial charge in [0.2, 0.25) is 0 Å². The lowest BCUT2D eigenvalue weighted by atomic mass is 11.2. The Morgan fingerprint density at radius 3 is 2.56 bits per heavy atom. The highest BCUT2D eigenvalue weighted by Gasteiger charge is 2.10. The molecule has 0 N–H and O–H groups in total. The molecule has 0 saturated carbocycles. The molecule has 0 fully saturated rings. The Bertz CT molecular complexity index is 140. The van der Waals surface area contributed by atoms with Crippen molar-refractivity contribution < 1.29 is 23.0 Å². The highest BCUT2D eigenvalue weighted by molar-refractivity contribution is 5.60. The molecule has 0 spiro atoms. The molecule has 0 amide bonds. The Morgan fingerprint density at radius 2 is 2.22 bits per heavy atom. The SMILES string of the molecule is N#COC(=O)OC(F)F. The van der Waals surface area contributed by atoms with Crippen LogP contribution in [0.2, 0.25) is 0 Å². The Morgan fingerprint density at radius 1 is 1.67 bits per heavy atom. The normalized spacial score (nSPS) is 8.22. The van der Waals surface area contributed by atoms with Gasteiger partial charge in [-0.3, -0.25) is 0 Å². The topological polar surface area (TPSA) is 59.3 Å². The number of nitriles is 1. The van der Waals surface area contributed by atoms with E-state index >= 15 is 0 Å². The molecule has 50 valence electrons. The molecule has 0 aromatic heterocycles. The molecular weight excluding hydrogens is 136 g/mol. The minimum absolute atomic E-state index is 0.865. The fourth-order valence-electron chi connectivity index (χ4n) is 0.134. The highest BCUT2D eigenvalue weighted by atomic mass is 19.3. The third kappa shape index (κ3) is 4.47. The Labute approximate surface area is 48.6 Å². The van der Waals surface area contributed by atoms with Crippen molar-refractivity contribution in [2.45, 2.75) is 6.61 Å². The Kier molecular flexibility index (Phi) is 3.05. The summed E-state index contributed by atoms with van der Waals surface area (Å²) in [5, 5.41) is 7.53. The van der Waals surface area contributed by atoms with E-state index in [1.54, 1.807) is 0 Å². The van der Waals surface area contributed by atoms with E-state index in [9.17, 15) is 13.6 Å². The van der Waals surface area contributed by atoms with Gasteiger partial charge in [0.1, 0.15) is 0 Å². The van der Waals surface area contributed by atoms with E-state index in [0.717, 1.165) is 6.26 Å². The minimum Gasteiger partial charge on any atom is -0.370 e. The van der Waals surface area contributed by atoms with Crippen LogP contribution in [-0.4, -0.2) is 12.8 Å². The lowest BCUT2D eigenvalue weighted by Gasteiger charge is -1.95. The number of hydrogen-bond acceptors (Lipinski definition) is 4. The molecule has 0 bridgehead atoms. The number of hydrogen-bond donors (Lipinski definition) is 0. The van der Waals surface area contributed by atoms with Gasteiger partial charge in [0.15, 0.2) is 0 Å². The first-order chi connectivity index (χ1) is 4.16. The Balaban J connectivity index is 3.42. The second-order valence-electron chi connectivity index (χ2n) is 0.822. The molecule has 0 heterocycles. The third-order valence-corrected chi connectivity index (χ3v) is 0.314. The molecule has 0 rings (SSSR count). The molecule has 0 aromatic rings. The molecule has 0 aromatic carbocycles. The first-order valence-electron chi connectivity index (χ1n) is 1.71. The fourth-order valence-corrected chi connectivity index (χ4v) is 0.134. The average Bonchev–Trinajstić information content (AvgIpc) is 1.63. The predicted octanol–water partition coefficient (Wildman–Crippen LogP) is 0.843. The van der Waals surface area contributed by atoms with Gasteiger partial charge < -0.3 is 9.47 Å². The van der Waals surface area contributed by atoms with Crippen molar-refractivity contribution in [3.8, 4) is 6.26 Å². The van der Waals surface area contributed by atoms with Crippen molar-refractivity contribution in [2.24, 2.45) is 0 Å². The van der Waals surface area contributed by atoms with E-state index in [-0.39, 0.29) is 0 Å². The first kappa shape index (κ1) is 7.62. The number of nitrogens with zero attached hydrogens (tertiary/aromatic N) is 1. The summed E-state index contributed by atoms with van der Waals surface area (Å²) in [7, 11) is 0. The summed E-state index contributed by atoms with van der Waals surface area (Å²) in [4.78, 5) is 9.71. The van der Waals surface area contributed by atoms with Gasteiger partial charge in [-0.2, -0.15) is 8.78 Å². The molecule has 4 nitrogen and oxygen atoms in total. The fraction of sp³-hybridized carbons (Fsp3) is 0.333. The second kappa shape index (κ2) is 3.60. The lowest BCUT2D eigenvalue weighted by molar-refractivity contribution is -0.0978. The van der Waals surface area contributed by atoms with Gasteiger partial charge in [0.05, 0.1) is 0 Å². The van der Waals surface area contributed by atoms with Gasteiger partial charge in [-0.05, 0) is 0 Å². The van der Waals surface area contributed by atoms with Gasteiger partial charge in [0, 0.05) is 0 Å². The van der Waals surface area contributed by atoms with E-state index in [1.807, 2.05) is 0 Å². The van der Waals surface area contributed by atoms with Crippen LogP contribution in [0.3, 0.4) is 0 Å². The third-order valence-electron chi connectivity index (χ3n) is 0.314. The second-order valence-corrected chi connectivity index (χ2v) is 0.822. The summed E-state index contributed by atoms with van der Waals surface area (Å²) >= 11 is 0. The van der Waals surface area contributed by atoms with Crippen LogP contribution in [0, 0.1) is 11.5 Å². The zero-order chi connectivity index (χ0) is 7.28. The van der Waals surface area contributed by atoms with E-state index in [2.05, 4.69) is 9.47 Å². The van der Waals surface area contributed by atoms with Gasteiger partial charge in [0.25, 0.3) is 6.26 Å². The summed E-state index contributed by atoms with van der Waals surface area (Å²) in [6, 6.07) is 0. The number of carbonyl (C=O) groups is 1. The van der Waals surface area contributed by atoms with Crippen molar-refractivity contribution >= 4 is 6.16 Å². The quantitative estimate of drug-likeness (QED) is 0.397. The summed E-state index contributed by atoms with van der Waals surface area (Å²) < 4.78 is 28.3. The van der Waals surface area contributed by atoms with E-state index in [0.29, 0.717) is 0 Å². The summed E-state index contributed by atoms with van der Waals surface area (Å²) in [5.41, 5.74) is 0. The number of rotatable bonds is 1. The average molecular weight is 137 g/mol. The maximum Gasteiger partial charge on any atom is 0.528 e. The van der Waals surface area contributed by atoms with Gasteiger partial charge in [-0.15, -0.1) is 5.26 Å². The molecule has 0 aliphatic rings. The van der Waals surface area contributed by atoms with E-state index in [1.165, 1.54) is 0 Å². The number of ether oxygens (including phenoxy) is 2. The van der Waals surface area contributed by atoms with Crippen LogP contribution in [-0.2, 0) is 9.47 Å². The first-order valence-corrected chi connectivity index (χ1v) is 1.71. The van der Waals surface area contributed by atoms with Gasteiger partial charge in [-0.1, -0.05) is 0 Å². The zero-order valence-corrected chi connectivity index (χ0v) is 4.01. The molecule has 0 radical (unpaired) electrons. The molecule has 0 unspecified atom stereocenters. The van der Waals surface area contributed by atoms with Crippen LogP contribution >= 0.6 is 0 Å². The molecule has 6 heteroatoms. The number of alkyl halides is 2. The van der Waals surface area contributed by atoms with Gasteiger partial charge >= 0.3 is 12.8 Å². The monoisotopic (exact) mass is 137 g/mol. The largest absolute Gasteiger partial charge is 0.528 e. The van der Waals surface area contributed by atoms with Crippen molar-refractivity contribution in [3.05, 3.63) is 0 Å². The van der Waals surface area contributed by atoms with Crippen molar-refractivity contribution in [1.82, 2.24) is 0 Å². The van der Waals surface area contributed by atoms with Crippen LogP contribution in [0.1, 0.15) is 0 Å². The van der Waals surface area contributed by atoms with E-state index < -0.39 is 12.8 Å². The van der Waals surface area contributed by atoms with Gasteiger partial charge in [-0.25, -0.2) is 4.79 Å². The highest BCUT2D eigenvalue weighted by Crippen LogP contribution is 1.95. The maximum atomic E-state index is 11.0. The molecule has 0 atom stereocenters. The molecule has 0 saturated heterocycles. The smallest absolute Gasteiger partial charge is 0.370 e. The van der Waals surface area contributed by atoms with Crippen LogP contribution in [0.4, 0.5) is 13.6 Å². The molecular formula is C3HF2NO3. The standard InChI is InChI=1S/C3HF2NO3/c4-2(5)9-3(7)8-1-6/h2H. The van der Waals surface area contributed by atoms with Crippen molar-refractivity contribution in [3.63, 3.8) is 0 Å². The molecule has 9 heavy (non-hydrogen) atoms. The van der Waals surface area contributed by atoms with Crippen LogP contribution in [0.15, 0.2) is 0 Å². The maximum absolute atomic E-state index is 11.0. The van der Waals surface area contributed by atoms with Crippen LogP contribution in [0.5, 0.6) is 0 Å². The van der Waals surface area contributed by atoms with Crippen LogP contribution < -0.4 is 0 Å². The number of halogens is 2. The van der Waals surface area contributed by atoms with Crippen molar-refractivity contribution in [1.29, 1.82) is 5.26 Å².